The lowest BCUT2D eigenvalue weighted by Gasteiger charge is -2.18. The molecule has 2 rings (SSSR count). The van der Waals surface area contributed by atoms with Crippen LogP contribution in [0.15, 0.2) is 48.5 Å². The first-order valence-corrected chi connectivity index (χ1v) is 8.48. The van der Waals surface area contributed by atoms with E-state index in [9.17, 15) is 4.79 Å². The summed E-state index contributed by atoms with van der Waals surface area (Å²) in [4.78, 5) is 14.2. The molecule has 0 unspecified atom stereocenters. The Labute approximate surface area is 148 Å². The molecule has 0 aromatic heterocycles. The highest BCUT2D eigenvalue weighted by Crippen LogP contribution is 2.15. The van der Waals surface area contributed by atoms with Gasteiger partial charge in [-0.1, -0.05) is 55.8 Å². The van der Waals surface area contributed by atoms with E-state index in [2.05, 4.69) is 36.2 Å². The molecule has 0 aliphatic heterocycles. The zero-order chi connectivity index (χ0) is 17.4. The number of anilines is 1. The predicted molar refractivity (Wildman–Crippen MR) is 98.3 cm³/mol. The molecule has 4 nitrogen and oxygen atoms in total. The van der Waals surface area contributed by atoms with Crippen molar-refractivity contribution in [2.75, 3.05) is 18.4 Å². The number of nitrogens with zero attached hydrogens (tertiary/aromatic N) is 1. The molecule has 0 aliphatic rings. The first kappa shape index (κ1) is 18.3. The van der Waals surface area contributed by atoms with Crippen molar-refractivity contribution >= 4 is 23.4 Å². The van der Waals surface area contributed by atoms with Crippen molar-refractivity contribution in [2.45, 2.75) is 27.0 Å². The van der Waals surface area contributed by atoms with E-state index >= 15 is 0 Å². The summed E-state index contributed by atoms with van der Waals surface area (Å²) in [5.74, 6) is 0. The highest BCUT2D eigenvalue weighted by Gasteiger charge is 2.05. The van der Waals surface area contributed by atoms with Crippen LogP contribution in [0.25, 0.3) is 0 Å². The van der Waals surface area contributed by atoms with E-state index in [1.165, 1.54) is 5.56 Å². The average Bonchev–Trinajstić information content (AvgIpc) is 2.59. The lowest BCUT2D eigenvalue weighted by atomic mass is 10.1. The Morgan fingerprint density at radius 2 is 1.75 bits per heavy atom. The Hall–Kier alpha value is -2.04. The lowest BCUT2D eigenvalue weighted by Crippen LogP contribution is -2.22. The van der Waals surface area contributed by atoms with Gasteiger partial charge in [-0.3, -0.25) is 10.2 Å². The van der Waals surface area contributed by atoms with Crippen molar-refractivity contribution in [3.05, 3.63) is 64.7 Å². The average molecular weight is 347 g/mol. The molecule has 5 heteroatoms. The quantitative estimate of drug-likeness (QED) is 0.772. The van der Waals surface area contributed by atoms with Crippen LogP contribution in [0.5, 0.6) is 0 Å². The van der Waals surface area contributed by atoms with E-state index in [4.69, 9.17) is 16.3 Å². The van der Waals surface area contributed by atoms with Crippen molar-refractivity contribution < 1.29 is 9.53 Å². The number of carbonyl (C=O) groups excluding carboxylic acids is 1. The summed E-state index contributed by atoms with van der Waals surface area (Å²) < 4.78 is 5.23. The van der Waals surface area contributed by atoms with Gasteiger partial charge < -0.3 is 4.74 Å². The van der Waals surface area contributed by atoms with Crippen LogP contribution in [0.4, 0.5) is 10.5 Å². The molecule has 0 atom stereocenters. The van der Waals surface area contributed by atoms with E-state index in [1.54, 1.807) is 24.3 Å². The second kappa shape index (κ2) is 9.30. The third kappa shape index (κ3) is 5.87. The number of carbonyl (C=O) groups is 1. The molecule has 0 fully saturated rings. The van der Waals surface area contributed by atoms with Gasteiger partial charge in [-0.15, -0.1) is 0 Å². The van der Waals surface area contributed by atoms with E-state index < -0.39 is 6.09 Å². The standard InChI is InChI=1S/C19H23ClN2O2/c1-3-22(4-2)13-15-8-10-16(11-9-15)14-24-19(23)21-18-7-5-6-17(20)12-18/h5-12H,3-4,13-14H2,1-2H3,(H,21,23). The van der Waals surface area contributed by atoms with Crippen LogP contribution in [0.3, 0.4) is 0 Å². The van der Waals surface area contributed by atoms with Crippen LogP contribution >= 0.6 is 11.6 Å². The van der Waals surface area contributed by atoms with Crippen LogP contribution in [0.1, 0.15) is 25.0 Å². The lowest BCUT2D eigenvalue weighted by molar-refractivity contribution is 0.155. The normalized spacial score (nSPS) is 10.7. The maximum atomic E-state index is 11.8. The Morgan fingerprint density at radius 1 is 1.08 bits per heavy atom. The zero-order valence-electron chi connectivity index (χ0n) is 14.1. The van der Waals surface area contributed by atoms with E-state index in [0.717, 1.165) is 25.2 Å². The minimum absolute atomic E-state index is 0.234. The molecule has 0 bridgehead atoms. The van der Waals surface area contributed by atoms with Gasteiger partial charge >= 0.3 is 6.09 Å². The number of rotatable bonds is 7. The maximum Gasteiger partial charge on any atom is 0.411 e. The molecule has 0 heterocycles. The first-order chi connectivity index (χ1) is 11.6. The van der Waals surface area contributed by atoms with Gasteiger partial charge in [-0.25, -0.2) is 4.79 Å². The number of amides is 1. The molecule has 0 saturated carbocycles. The van der Waals surface area contributed by atoms with Crippen molar-refractivity contribution in [2.24, 2.45) is 0 Å². The molecular weight excluding hydrogens is 324 g/mol. The fraction of sp³-hybridized carbons (Fsp3) is 0.316. The van der Waals surface area contributed by atoms with Gasteiger partial charge in [0.25, 0.3) is 0 Å². The predicted octanol–water partition coefficient (Wildman–Crippen LogP) is 4.93. The minimum atomic E-state index is -0.496. The number of hydrogen-bond acceptors (Lipinski definition) is 3. The summed E-state index contributed by atoms with van der Waals surface area (Å²) in [6.07, 6.45) is -0.496. The van der Waals surface area contributed by atoms with Gasteiger partial charge in [-0.05, 0) is 42.4 Å². The Bertz CT molecular complexity index is 655. The van der Waals surface area contributed by atoms with Gasteiger partial charge in [0, 0.05) is 17.3 Å². The highest BCUT2D eigenvalue weighted by molar-refractivity contribution is 6.30. The number of halogens is 1. The highest BCUT2D eigenvalue weighted by atomic mass is 35.5. The third-order valence-electron chi connectivity index (χ3n) is 3.76. The number of ether oxygens (including phenoxy) is 1. The van der Waals surface area contributed by atoms with Gasteiger partial charge in [0.15, 0.2) is 0 Å². The SMILES string of the molecule is CCN(CC)Cc1ccc(COC(=O)Nc2cccc(Cl)c2)cc1. The zero-order valence-corrected chi connectivity index (χ0v) is 14.8. The summed E-state index contributed by atoms with van der Waals surface area (Å²) in [6, 6.07) is 15.1. The second-order valence-corrected chi connectivity index (χ2v) is 5.93. The molecule has 2 aromatic carbocycles. The number of nitrogens with one attached hydrogen (secondary N) is 1. The fourth-order valence-electron chi connectivity index (χ4n) is 2.32. The Balaban J connectivity index is 1.82. The number of hydrogen-bond donors (Lipinski definition) is 1. The molecule has 0 radical (unpaired) electrons. The monoisotopic (exact) mass is 346 g/mol. The minimum Gasteiger partial charge on any atom is -0.444 e. The first-order valence-electron chi connectivity index (χ1n) is 8.10. The summed E-state index contributed by atoms with van der Waals surface area (Å²) in [7, 11) is 0. The maximum absolute atomic E-state index is 11.8. The van der Waals surface area contributed by atoms with Gasteiger partial charge in [0.1, 0.15) is 6.61 Å². The molecule has 0 aliphatic carbocycles. The van der Waals surface area contributed by atoms with Gasteiger partial charge in [0.2, 0.25) is 0 Å². The number of benzene rings is 2. The van der Waals surface area contributed by atoms with Crippen LogP contribution in [-0.2, 0) is 17.9 Å². The Morgan fingerprint density at radius 3 is 2.38 bits per heavy atom. The summed E-state index contributed by atoms with van der Waals surface area (Å²) in [5.41, 5.74) is 2.83. The molecule has 1 N–H and O–H groups in total. The molecule has 1 amide bonds. The van der Waals surface area contributed by atoms with Crippen molar-refractivity contribution in [1.82, 2.24) is 4.90 Å². The van der Waals surface area contributed by atoms with Crippen LogP contribution < -0.4 is 5.32 Å². The molecule has 128 valence electrons. The smallest absolute Gasteiger partial charge is 0.411 e. The van der Waals surface area contributed by atoms with Gasteiger partial charge in [-0.2, -0.15) is 0 Å². The van der Waals surface area contributed by atoms with E-state index in [0.29, 0.717) is 10.7 Å². The summed E-state index contributed by atoms with van der Waals surface area (Å²) in [6.45, 7) is 7.55. The van der Waals surface area contributed by atoms with E-state index in [1.807, 2.05) is 12.1 Å². The van der Waals surface area contributed by atoms with Crippen molar-refractivity contribution in [1.29, 1.82) is 0 Å². The van der Waals surface area contributed by atoms with Crippen molar-refractivity contribution in [3.63, 3.8) is 0 Å². The third-order valence-corrected chi connectivity index (χ3v) is 4.00. The summed E-state index contributed by atoms with van der Waals surface area (Å²) >= 11 is 5.88. The van der Waals surface area contributed by atoms with Crippen LogP contribution in [-0.4, -0.2) is 24.1 Å². The van der Waals surface area contributed by atoms with Gasteiger partial charge in [0.05, 0.1) is 0 Å². The topological polar surface area (TPSA) is 41.6 Å². The van der Waals surface area contributed by atoms with Crippen molar-refractivity contribution in [3.8, 4) is 0 Å². The van der Waals surface area contributed by atoms with E-state index in [-0.39, 0.29) is 6.61 Å². The molecule has 24 heavy (non-hydrogen) atoms. The van der Waals surface area contributed by atoms with Crippen LogP contribution in [0, 0.1) is 0 Å². The molecule has 2 aromatic rings. The molecular formula is C19H23ClN2O2. The second-order valence-electron chi connectivity index (χ2n) is 5.49. The van der Waals surface area contributed by atoms with Crippen LogP contribution in [0.2, 0.25) is 5.02 Å². The largest absolute Gasteiger partial charge is 0.444 e. The summed E-state index contributed by atoms with van der Waals surface area (Å²) in [5, 5.41) is 3.22. The Kier molecular flexibility index (Phi) is 7.09. The fourth-order valence-corrected chi connectivity index (χ4v) is 2.51. The molecule has 0 saturated heterocycles. The molecule has 0 spiro atoms.